The average Bonchev–Trinajstić information content (AvgIpc) is 2.36. The summed E-state index contributed by atoms with van der Waals surface area (Å²) in [4.78, 5) is 3.99. The van der Waals surface area contributed by atoms with Crippen LogP contribution in [-0.4, -0.2) is 29.4 Å². The Hall–Kier alpha value is -0.930. The molecule has 3 nitrogen and oxygen atoms in total. The first-order valence-electron chi connectivity index (χ1n) is 6.49. The number of nitrogens with zero attached hydrogens (tertiary/aromatic N) is 1. The maximum Gasteiger partial charge on any atom is 0.0543 e. The number of aromatic nitrogens is 1. The van der Waals surface area contributed by atoms with E-state index < -0.39 is 0 Å². The van der Waals surface area contributed by atoms with Crippen LogP contribution < -0.4 is 0 Å². The second-order valence-electron chi connectivity index (χ2n) is 4.87. The second kappa shape index (κ2) is 6.72. The molecule has 0 saturated heterocycles. The summed E-state index contributed by atoms with van der Waals surface area (Å²) in [5, 5.41) is 9.55. The molecule has 0 bridgehead atoms. The summed E-state index contributed by atoms with van der Waals surface area (Å²) in [7, 11) is 0. The topological polar surface area (TPSA) is 42.4 Å². The monoisotopic (exact) mass is 235 g/mol. The van der Waals surface area contributed by atoms with Crippen LogP contribution in [0.4, 0.5) is 0 Å². The third kappa shape index (κ3) is 4.44. The molecule has 3 heteroatoms. The van der Waals surface area contributed by atoms with Gasteiger partial charge in [0.25, 0.3) is 0 Å². The number of rotatable bonds is 5. The Morgan fingerprint density at radius 3 is 2.88 bits per heavy atom. The van der Waals surface area contributed by atoms with E-state index in [2.05, 4.69) is 4.98 Å². The molecule has 1 heterocycles. The van der Waals surface area contributed by atoms with Gasteiger partial charge in [0.2, 0.25) is 0 Å². The minimum absolute atomic E-state index is 0.0995. The summed E-state index contributed by atoms with van der Waals surface area (Å²) in [5.41, 5.74) is 1.27. The van der Waals surface area contributed by atoms with Crippen LogP contribution in [0.3, 0.4) is 0 Å². The summed E-state index contributed by atoms with van der Waals surface area (Å²) < 4.78 is 5.69. The van der Waals surface area contributed by atoms with E-state index in [9.17, 15) is 5.11 Å². The van der Waals surface area contributed by atoms with Crippen molar-refractivity contribution >= 4 is 0 Å². The first-order valence-corrected chi connectivity index (χ1v) is 6.49. The fourth-order valence-electron chi connectivity index (χ4n) is 2.40. The standard InChI is InChI=1S/C14H21NO2/c16-14-3-1-2-13(10-14)11-17-9-6-12-4-7-15-8-5-12/h4-5,7-8,13-14,16H,1-3,6,9-11H2. The Kier molecular flexibility index (Phi) is 4.95. The summed E-state index contributed by atoms with van der Waals surface area (Å²) >= 11 is 0. The molecule has 1 saturated carbocycles. The van der Waals surface area contributed by atoms with E-state index in [4.69, 9.17) is 4.74 Å². The molecule has 1 N–H and O–H groups in total. The SMILES string of the molecule is OC1CCCC(COCCc2ccncc2)C1. The van der Waals surface area contributed by atoms with E-state index in [1.807, 2.05) is 24.5 Å². The van der Waals surface area contributed by atoms with Crippen molar-refractivity contribution in [3.63, 3.8) is 0 Å². The minimum Gasteiger partial charge on any atom is -0.393 e. The Balaban J connectivity index is 1.60. The molecule has 2 rings (SSSR count). The average molecular weight is 235 g/mol. The van der Waals surface area contributed by atoms with Crippen molar-refractivity contribution in [1.29, 1.82) is 0 Å². The molecule has 1 aromatic rings. The third-order valence-corrected chi connectivity index (χ3v) is 3.39. The van der Waals surface area contributed by atoms with E-state index in [1.165, 1.54) is 12.0 Å². The molecule has 94 valence electrons. The maximum absolute atomic E-state index is 9.55. The quantitative estimate of drug-likeness (QED) is 0.795. The fraction of sp³-hybridized carbons (Fsp3) is 0.643. The highest BCUT2D eigenvalue weighted by Gasteiger charge is 2.19. The third-order valence-electron chi connectivity index (χ3n) is 3.39. The number of ether oxygens (including phenoxy) is 1. The van der Waals surface area contributed by atoms with Gasteiger partial charge in [-0.3, -0.25) is 4.98 Å². The molecule has 1 aromatic heterocycles. The van der Waals surface area contributed by atoms with Crippen LogP contribution in [-0.2, 0) is 11.2 Å². The highest BCUT2D eigenvalue weighted by atomic mass is 16.5. The van der Waals surface area contributed by atoms with Crippen LogP contribution in [0, 0.1) is 5.92 Å². The van der Waals surface area contributed by atoms with E-state index in [0.717, 1.165) is 38.9 Å². The number of pyridine rings is 1. The van der Waals surface area contributed by atoms with Crippen LogP contribution in [0.2, 0.25) is 0 Å². The Morgan fingerprint density at radius 1 is 1.29 bits per heavy atom. The van der Waals surface area contributed by atoms with Gasteiger partial charge >= 0.3 is 0 Å². The lowest BCUT2D eigenvalue weighted by Gasteiger charge is -2.25. The van der Waals surface area contributed by atoms with Gasteiger partial charge in [0, 0.05) is 19.0 Å². The van der Waals surface area contributed by atoms with Gasteiger partial charge in [-0.05, 0) is 49.3 Å². The van der Waals surface area contributed by atoms with Gasteiger partial charge in [0.1, 0.15) is 0 Å². The van der Waals surface area contributed by atoms with Crippen LogP contribution in [0.25, 0.3) is 0 Å². The molecule has 0 radical (unpaired) electrons. The van der Waals surface area contributed by atoms with Gasteiger partial charge in [-0.1, -0.05) is 6.42 Å². The zero-order valence-corrected chi connectivity index (χ0v) is 10.2. The molecule has 2 atom stereocenters. The van der Waals surface area contributed by atoms with Gasteiger partial charge in [0.05, 0.1) is 12.7 Å². The van der Waals surface area contributed by atoms with Crippen molar-refractivity contribution in [2.24, 2.45) is 5.92 Å². The first kappa shape index (κ1) is 12.5. The molecule has 17 heavy (non-hydrogen) atoms. The maximum atomic E-state index is 9.55. The molecule has 2 unspecified atom stereocenters. The Morgan fingerprint density at radius 2 is 2.12 bits per heavy atom. The molecular weight excluding hydrogens is 214 g/mol. The fourth-order valence-corrected chi connectivity index (χ4v) is 2.40. The van der Waals surface area contributed by atoms with Crippen LogP contribution in [0.1, 0.15) is 31.2 Å². The predicted molar refractivity (Wildman–Crippen MR) is 66.7 cm³/mol. The van der Waals surface area contributed by atoms with Crippen molar-refractivity contribution in [2.75, 3.05) is 13.2 Å². The van der Waals surface area contributed by atoms with Crippen molar-refractivity contribution in [3.05, 3.63) is 30.1 Å². The molecule has 0 aromatic carbocycles. The summed E-state index contributed by atoms with van der Waals surface area (Å²) in [6, 6.07) is 4.04. The van der Waals surface area contributed by atoms with Gasteiger partial charge in [-0.2, -0.15) is 0 Å². The zero-order chi connectivity index (χ0) is 11.9. The molecule has 1 aliphatic rings. The van der Waals surface area contributed by atoms with Crippen LogP contribution >= 0.6 is 0 Å². The van der Waals surface area contributed by atoms with Gasteiger partial charge in [-0.25, -0.2) is 0 Å². The van der Waals surface area contributed by atoms with E-state index >= 15 is 0 Å². The van der Waals surface area contributed by atoms with Crippen molar-refractivity contribution in [1.82, 2.24) is 4.98 Å². The second-order valence-corrected chi connectivity index (χ2v) is 4.87. The lowest BCUT2D eigenvalue weighted by atomic mass is 9.88. The minimum atomic E-state index is -0.0995. The Bertz CT molecular complexity index is 315. The number of hydrogen-bond donors (Lipinski definition) is 1. The molecule has 0 amide bonds. The molecule has 0 aliphatic heterocycles. The predicted octanol–water partition coefficient (Wildman–Crippen LogP) is 2.19. The highest BCUT2D eigenvalue weighted by Crippen LogP contribution is 2.24. The number of aliphatic hydroxyl groups excluding tert-OH is 1. The number of hydrogen-bond acceptors (Lipinski definition) is 3. The summed E-state index contributed by atoms with van der Waals surface area (Å²) in [6.45, 7) is 1.55. The van der Waals surface area contributed by atoms with E-state index in [0.29, 0.717) is 5.92 Å². The van der Waals surface area contributed by atoms with Crippen molar-refractivity contribution in [3.8, 4) is 0 Å². The normalized spacial score (nSPS) is 24.8. The lowest BCUT2D eigenvalue weighted by Crippen LogP contribution is -2.23. The van der Waals surface area contributed by atoms with Gasteiger partial charge < -0.3 is 9.84 Å². The first-order chi connectivity index (χ1) is 8.34. The van der Waals surface area contributed by atoms with Crippen molar-refractivity contribution < 1.29 is 9.84 Å². The molecule has 1 fully saturated rings. The highest BCUT2D eigenvalue weighted by molar-refractivity contribution is 5.09. The molecule has 0 spiro atoms. The Labute approximate surface area is 103 Å². The summed E-state index contributed by atoms with van der Waals surface area (Å²) in [5.74, 6) is 0.552. The lowest BCUT2D eigenvalue weighted by molar-refractivity contribution is 0.0423. The van der Waals surface area contributed by atoms with Crippen LogP contribution in [0.15, 0.2) is 24.5 Å². The number of aliphatic hydroxyl groups is 1. The van der Waals surface area contributed by atoms with Crippen LogP contribution in [0.5, 0.6) is 0 Å². The summed E-state index contributed by atoms with van der Waals surface area (Å²) in [6.07, 6.45) is 8.68. The van der Waals surface area contributed by atoms with Gasteiger partial charge in [-0.15, -0.1) is 0 Å². The smallest absolute Gasteiger partial charge is 0.0543 e. The molecule has 1 aliphatic carbocycles. The zero-order valence-electron chi connectivity index (χ0n) is 10.2. The van der Waals surface area contributed by atoms with Crippen molar-refractivity contribution in [2.45, 2.75) is 38.2 Å². The van der Waals surface area contributed by atoms with E-state index in [1.54, 1.807) is 0 Å². The van der Waals surface area contributed by atoms with E-state index in [-0.39, 0.29) is 6.10 Å². The molecular formula is C14H21NO2. The largest absolute Gasteiger partial charge is 0.393 e. The van der Waals surface area contributed by atoms with Gasteiger partial charge in [0.15, 0.2) is 0 Å².